The van der Waals surface area contributed by atoms with Crippen molar-refractivity contribution >= 4 is 29.2 Å². The van der Waals surface area contributed by atoms with Gasteiger partial charge in [0.25, 0.3) is 5.91 Å². The van der Waals surface area contributed by atoms with E-state index in [2.05, 4.69) is 5.32 Å². The third kappa shape index (κ3) is 2.96. The zero-order valence-corrected chi connectivity index (χ0v) is 12.4. The number of nitrogens with one attached hydrogen (secondary N) is 1. The summed E-state index contributed by atoms with van der Waals surface area (Å²) in [5.41, 5.74) is 0.722. The second kappa shape index (κ2) is 6.11. The van der Waals surface area contributed by atoms with Crippen LogP contribution in [0.5, 0.6) is 0 Å². The van der Waals surface area contributed by atoms with E-state index >= 15 is 0 Å². The second-order valence-electron chi connectivity index (χ2n) is 5.33. The van der Waals surface area contributed by atoms with Gasteiger partial charge < -0.3 is 10.4 Å². The highest BCUT2D eigenvalue weighted by atomic mass is 19.1. The van der Waals surface area contributed by atoms with Crippen LogP contribution in [0.15, 0.2) is 48.5 Å². The van der Waals surface area contributed by atoms with Gasteiger partial charge in [-0.1, -0.05) is 6.07 Å². The molecular formula is C17H13FN2O4. The number of carbonyl (C=O) groups is 3. The van der Waals surface area contributed by atoms with Crippen LogP contribution >= 0.6 is 0 Å². The molecule has 2 aromatic carbocycles. The molecule has 6 nitrogen and oxygen atoms in total. The van der Waals surface area contributed by atoms with Crippen LogP contribution < -0.4 is 10.2 Å². The molecule has 1 aliphatic rings. The smallest absolute Gasteiger partial charge is 0.335 e. The Hall–Kier alpha value is -3.22. The Morgan fingerprint density at radius 1 is 1.17 bits per heavy atom. The number of nitrogens with zero attached hydrogens (tertiary/aromatic N) is 1. The van der Waals surface area contributed by atoms with Crippen LogP contribution in [0, 0.1) is 5.82 Å². The van der Waals surface area contributed by atoms with Crippen molar-refractivity contribution < 1.29 is 23.9 Å². The summed E-state index contributed by atoms with van der Waals surface area (Å²) < 4.78 is 12.9. The maximum absolute atomic E-state index is 12.9. The van der Waals surface area contributed by atoms with Crippen molar-refractivity contribution in [1.82, 2.24) is 0 Å². The number of amides is 2. The minimum Gasteiger partial charge on any atom is -0.478 e. The maximum atomic E-state index is 12.9. The lowest BCUT2D eigenvalue weighted by molar-refractivity contribution is -0.121. The summed E-state index contributed by atoms with van der Waals surface area (Å²) >= 11 is 0. The van der Waals surface area contributed by atoms with Gasteiger partial charge in [-0.2, -0.15) is 0 Å². The van der Waals surface area contributed by atoms with Crippen molar-refractivity contribution in [3.05, 3.63) is 59.9 Å². The monoisotopic (exact) mass is 328 g/mol. The van der Waals surface area contributed by atoms with E-state index in [1.54, 1.807) is 0 Å². The lowest BCUT2D eigenvalue weighted by Crippen LogP contribution is -2.34. The number of carbonyl (C=O) groups excluding carboxylic acids is 2. The van der Waals surface area contributed by atoms with Gasteiger partial charge in [0, 0.05) is 5.69 Å². The summed E-state index contributed by atoms with van der Waals surface area (Å²) in [5, 5.41) is 11.9. The molecule has 1 fully saturated rings. The summed E-state index contributed by atoms with van der Waals surface area (Å²) in [6.07, 6.45) is -0.0620. The van der Waals surface area contributed by atoms with Gasteiger partial charge in [-0.15, -0.1) is 0 Å². The molecule has 3 rings (SSSR count). The third-order valence-corrected chi connectivity index (χ3v) is 3.68. The van der Waals surface area contributed by atoms with E-state index in [0.29, 0.717) is 5.69 Å². The zero-order valence-electron chi connectivity index (χ0n) is 12.4. The van der Waals surface area contributed by atoms with E-state index in [4.69, 9.17) is 5.11 Å². The van der Waals surface area contributed by atoms with Gasteiger partial charge in [0.1, 0.15) is 11.9 Å². The number of halogens is 1. The van der Waals surface area contributed by atoms with Crippen LogP contribution in [0.1, 0.15) is 16.8 Å². The number of aromatic carboxylic acids is 1. The van der Waals surface area contributed by atoms with Crippen LogP contribution in [-0.2, 0) is 9.59 Å². The molecule has 1 heterocycles. The number of benzene rings is 2. The fourth-order valence-electron chi connectivity index (χ4n) is 2.54. The van der Waals surface area contributed by atoms with Gasteiger partial charge in [0.15, 0.2) is 0 Å². The minimum absolute atomic E-state index is 0.0111. The molecule has 2 amide bonds. The molecule has 7 heteroatoms. The topological polar surface area (TPSA) is 86.7 Å². The van der Waals surface area contributed by atoms with E-state index < -0.39 is 29.6 Å². The highest BCUT2D eigenvalue weighted by molar-refractivity contribution is 6.23. The summed E-state index contributed by atoms with van der Waals surface area (Å²) in [4.78, 5) is 36.7. The summed E-state index contributed by atoms with van der Waals surface area (Å²) in [6, 6.07) is 10.3. The Morgan fingerprint density at radius 3 is 2.54 bits per heavy atom. The van der Waals surface area contributed by atoms with Crippen LogP contribution in [-0.4, -0.2) is 28.9 Å². The van der Waals surface area contributed by atoms with Gasteiger partial charge in [-0.25, -0.2) is 14.1 Å². The number of carboxylic acids is 1. The van der Waals surface area contributed by atoms with E-state index in [1.807, 2.05) is 0 Å². The molecule has 0 aromatic heterocycles. The van der Waals surface area contributed by atoms with Crippen LogP contribution in [0.4, 0.5) is 15.8 Å². The van der Waals surface area contributed by atoms with Gasteiger partial charge >= 0.3 is 5.97 Å². The Balaban J connectivity index is 1.82. The molecule has 2 N–H and O–H groups in total. The molecule has 1 unspecified atom stereocenters. The number of anilines is 2. The van der Waals surface area contributed by atoms with E-state index in [1.165, 1.54) is 48.5 Å². The predicted molar refractivity (Wildman–Crippen MR) is 84.3 cm³/mol. The zero-order chi connectivity index (χ0) is 17.3. The SMILES string of the molecule is O=C(O)c1cccc(N2C(=O)CC(Nc3ccc(F)cc3)C2=O)c1. The summed E-state index contributed by atoms with van der Waals surface area (Å²) in [6.45, 7) is 0. The first-order valence-corrected chi connectivity index (χ1v) is 7.18. The van der Waals surface area contributed by atoms with Gasteiger partial charge in [-0.05, 0) is 42.5 Å². The Kier molecular flexibility index (Phi) is 3.99. The van der Waals surface area contributed by atoms with Gasteiger partial charge in [0.05, 0.1) is 17.7 Å². The summed E-state index contributed by atoms with van der Waals surface area (Å²) in [5.74, 6) is -2.45. The average molecular weight is 328 g/mol. The van der Waals surface area contributed by atoms with Crippen molar-refractivity contribution in [2.24, 2.45) is 0 Å². The quantitative estimate of drug-likeness (QED) is 0.841. The average Bonchev–Trinajstić information content (AvgIpc) is 2.83. The second-order valence-corrected chi connectivity index (χ2v) is 5.33. The standard InChI is InChI=1S/C17H13FN2O4/c18-11-4-6-12(7-5-11)19-14-9-15(21)20(16(14)22)13-3-1-2-10(8-13)17(23)24/h1-8,14,19H,9H2,(H,23,24). The van der Waals surface area contributed by atoms with Gasteiger partial charge in [-0.3, -0.25) is 9.59 Å². The van der Waals surface area contributed by atoms with Crippen molar-refractivity contribution in [3.63, 3.8) is 0 Å². The first kappa shape index (κ1) is 15.7. The highest BCUT2D eigenvalue weighted by Crippen LogP contribution is 2.25. The van der Waals surface area contributed by atoms with E-state index in [9.17, 15) is 18.8 Å². The minimum atomic E-state index is -1.14. The lowest BCUT2D eigenvalue weighted by atomic mass is 10.2. The highest BCUT2D eigenvalue weighted by Gasteiger charge is 2.39. The maximum Gasteiger partial charge on any atom is 0.335 e. The molecule has 122 valence electrons. The summed E-state index contributed by atoms with van der Waals surface area (Å²) in [7, 11) is 0. The molecule has 24 heavy (non-hydrogen) atoms. The molecule has 0 saturated carbocycles. The number of carboxylic acid groups (broad SMARTS) is 1. The Bertz CT molecular complexity index is 820. The molecule has 0 aliphatic carbocycles. The normalized spacial score (nSPS) is 17.2. The van der Waals surface area contributed by atoms with Crippen molar-refractivity contribution in [1.29, 1.82) is 0 Å². The van der Waals surface area contributed by atoms with Gasteiger partial charge in [0.2, 0.25) is 5.91 Å². The molecule has 1 aliphatic heterocycles. The van der Waals surface area contributed by atoms with Crippen LogP contribution in [0.25, 0.3) is 0 Å². The molecule has 1 saturated heterocycles. The number of hydrogen-bond donors (Lipinski definition) is 2. The number of rotatable bonds is 4. The van der Waals surface area contributed by atoms with Crippen molar-refractivity contribution in [3.8, 4) is 0 Å². The third-order valence-electron chi connectivity index (χ3n) is 3.68. The Morgan fingerprint density at radius 2 is 1.88 bits per heavy atom. The van der Waals surface area contributed by atoms with E-state index in [0.717, 1.165) is 4.90 Å². The fourth-order valence-corrected chi connectivity index (χ4v) is 2.54. The molecule has 2 aromatic rings. The van der Waals surface area contributed by atoms with E-state index in [-0.39, 0.29) is 17.7 Å². The van der Waals surface area contributed by atoms with Crippen LogP contribution in [0.3, 0.4) is 0 Å². The fraction of sp³-hybridized carbons (Fsp3) is 0.118. The lowest BCUT2D eigenvalue weighted by Gasteiger charge is -2.16. The first-order valence-electron chi connectivity index (χ1n) is 7.18. The molecule has 0 radical (unpaired) electrons. The molecular weight excluding hydrogens is 315 g/mol. The largest absolute Gasteiger partial charge is 0.478 e. The molecule has 1 atom stereocenters. The number of imide groups is 1. The molecule has 0 spiro atoms. The van der Waals surface area contributed by atoms with Crippen molar-refractivity contribution in [2.45, 2.75) is 12.5 Å². The number of hydrogen-bond acceptors (Lipinski definition) is 4. The first-order chi connectivity index (χ1) is 11.5. The Labute approximate surface area is 136 Å². The van der Waals surface area contributed by atoms with Crippen molar-refractivity contribution in [2.75, 3.05) is 10.2 Å². The van der Waals surface area contributed by atoms with Crippen LogP contribution in [0.2, 0.25) is 0 Å². The predicted octanol–water partition coefficient (Wildman–Crippen LogP) is 2.27. The molecule has 0 bridgehead atoms.